The SMILES string of the molecule is CC(C)N(C[C@H]1O[C@@H](n2cnc3c(N)ncnc32)[C@@H]2OC(C)(C)O[C@@H]21)[C@H]1C[C@@H](CCC(=O)O)C1. The predicted octanol–water partition coefficient (Wildman–Crippen LogP) is 2.18. The number of anilines is 1. The predicted molar refractivity (Wildman–Crippen MR) is 123 cm³/mol. The van der Waals surface area contributed by atoms with Gasteiger partial charge in [-0.3, -0.25) is 14.3 Å². The summed E-state index contributed by atoms with van der Waals surface area (Å²) in [6.07, 6.45) is 4.91. The monoisotopic (exact) mass is 474 g/mol. The Labute approximate surface area is 198 Å². The molecule has 5 rings (SSSR count). The van der Waals surface area contributed by atoms with E-state index in [1.165, 1.54) is 6.33 Å². The Morgan fingerprint density at radius 2 is 2.00 bits per heavy atom. The molecule has 3 aliphatic rings. The number of nitrogens with zero attached hydrogens (tertiary/aromatic N) is 5. The van der Waals surface area contributed by atoms with Crippen molar-refractivity contribution in [3.8, 4) is 0 Å². The highest BCUT2D eigenvalue weighted by Gasteiger charge is 2.56. The molecule has 0 amide bonds. The molecule has 1 saturated carbocycles. The zero-order valence-electron chi connectivity index (χ0n) is 20.1. The van der Waals surface area contributed by atoms with Gasteiger partial charge in [-0.05, 0) is 52.9 Å². The highest BCUT2D eigenvalue weighted by atomic mass is 16.8. The van der Waals surface area contributed by atoms with Gasteiger partial charge in [0.2, 0.25) is 0 Å². The van der Waals surface area contributed by atoms with Crippen LogP contribution in [0.15, 0.2) is 12.7 Å². The lowest BCUT2D eigenvalue weighted by Gasteiger charge is -2.46. The number of hydrogen-bond acceptors (Lipinski definition) is 9. The standard InChI is InChI=1S/C23H34N6O5/c1-12(2)28(14-7-13(8-14)5-6-16(30)31)9-15-18-19(34-23(3,4)33-18)22(32-15)29-11-27-17-20(24)25-10-26-21(17)29/h10-15,18-19,22H,5-9H2,1-4H3,(H,30,31)(H2,24,25,26)/t13-,14+,15-,18-,19-,22-/m1/s1. The average molecular weight is 475 g/mol. The Hall–Kier alpha value is -2.34. The summed E-state index contributed by atoms with van der Waals surface area (Å²) in [4.78, 5) is 26.2. The Balaban J connectivity index is 1.34. The van der Waals surface area contributed by atoms with Gasteiger partial charge in [0.1, 0.15) is 30.2 Å². The summed E-state index contributed by atoms with van der Waals surface area (Å²) < 4.78 is 21.0. The van der Waals surface area contributed by atoms with Crippen molar-refractivity contribution in [2.45, 2.75) is 95.8 Å². The summed E-state index contributed by atoms with van der Waals surface area (Å²) in [7, 11) is 0. The first-order chi connectivity index (χ1) is 16.1. The molecule has 0 unspecified atom stereocenters. The second kappa shape index (κ2) is 8.71. The van der Waals surface area contributed by atoms with Crippen LogP contribution in [0, 0.1) is 5.92 Å². The molecule has 0 radical (unpaired) electrons. The summed E-state index contributed by atoms with van der Waals surface area (Å²) in [5.41, 5.74) is 7.13. The molecular formula is C23H34N6O5. The molecule has 1 aliphatic carbocycles. The Morgan fingerprint density at radius 3 is 2.71 bits per heavy atom. The molecule has 2 aromatic rings. The number of carboxylic acids is 1. The van der Waals surface area contributed by atoms with Crippen molar-refractivity contribution in [3.63, 3.8) is 0 Å². The van der Waals surface area contributed by atoms with Crippen molar-refractivity contribution in [3.05, 3.63) is 12.7 Å². The fourth-order valence-electron chi connectivity index (χ4n) is 5.61. The second-order valence-electron chi connectivity index (χ2n) is 10.4. The summed E-state index contributed by atoms with van der Waals surface area (Å²) in [6.45, 7) is 8.92. The van der Waals surface area contributed by atoms with E-state index < -0.39 is 18.0 Å². The molecule has 186 valence electrons. The molecule has 11 heteroatoms. The van der Waals surface area contributed by atoms with Gasteiger partial charge in [-0.25, -0.2) is 15.0 Å². The number of aliphatic carboxylic acids is 1. The molecule has 2 aliphatic heterocycles. The van der Waals surface area contributed by atoms with E-state index in [2.05, 4.69) is 33.7 Å². The lowest BCUT2D eigenvalue weighted by atomic mass is 9.76. The molecule has 0 spiro atoms. The summed E-state index contributed by atoms with van der Waals surface area (Å²) >= 11 is 0. The molecule has 4 heterocycles. The minimum absolute atomic E-state index is 0.200. The van der Waals surface area contributed by atoms with E-state index in [9.17, 15) is 4.79 Å². The molecule has 0 aromatic carbocycles. The minimum Gasteiger partial charge on any atom is -0.481 e. The van der Waals surface area contributed by atoms with Crippen LogP contribution >= 0.6 is 0 Å². The topological polar surface area (TPSA) is 138 Å². The number of fused-ring (bicyclic) bond motifs is 2. The maximum Gasteiger partial charge on any atom is 0.303 e. The first-order valence-corrected chi connectivity index (χ1v) is 12.0. The largest absolute Gasteiger partial charge is 0.481 e. The number of rotatable bonds is 8. The van der Waals surface area contributed by atoms with Gasteiger partial charge in [-0.15, -0.1) is 0 Å². The van der Waals surface area contributed by atoms with Crippen LogP contribution in [0.3, 0.4) is 0 Å². The number of imidazole rings is 1. The molecular weight excluding hydrogens is 440 g/mol. The number of carbonyl (C=O) groups is 1. The first-order valence-electron chi connectivity index (χ1n) is 12.0. The van der Waals surface area contributed by atoms with Gasteiger partial charge in [0.05, 0.1) is 6.33 Å². The number of carboxylic acid groups (broad SMARTS) is 1. The van der Waals surface area contributed by atoms with Crippen LogP contribution in [-0.2, 0) is 19.0 Å². The van der Waals surface area contributed by atoms with Crippen LogP contribution in [0.5, 0.6) is 0 Å². The smallest absolute Gasteiger partial charge is 0.303 e. The van der Waals surface area contributed by atoms with Gasteiger partial charge in [0.25, 0.3) is 0 Å². The van der Waals surface area contributed by atoms with Crippen LogP contribution in [0.2, 0.25) is 0 Å². The van der Waals surface area contributed by atoms with E-state index in [4.69, 9.17) is 25.1 Å². The van der Waals surface area contributed by atoms with Gasteiger partial charge >= 0.3 is 5.97 Å². The number of aromatic nitrogens is 4. The van der Waals surface area contributed by atoms with Crippen molar-refractivity contribution < 1.29 is 24.1 Å². The quantitative estimate of drug-likeness (QED) is 0.585. The van der Waals surface area contributed by atoms with E-state index in [-0.39, 0.29) is 24.7 Å². The molecule has 4 atom stereocenters. The fourth-order valence-corrected chi connectivity index (χ4v) is 5.61. The van der Waals surface area contributed by atoms with Crippen molar-refractivity contribution in [2.75, 3.05) is 12.3 Å². The highest BCUT2D eigenvalue weighted by Crippen LogP contribution is 2.45. The molecule has 34 heavy (non-hydrogen) atoms. The van der Waals surface area contributed by atoms with Crippen LogP contribution in [-0.4, -0.2) is 78.2 Å². The fraction of sp³-hybridized carbons (Fsp3) is 0.739. The Kier molecular flexibility index (Phi) is 5.99. The maximum absolute atomic E-state index is 10.9. The summed E-state index contributed by atoms with van der Waals surface area (Å²) in [5, 5.41) is 8.97. The lowest BCUT2D eigenvalue weighted by Crippen LogP contribution is -2.52. The van der Waals surface area contributed by atoms with Crippen molar-refractivity contribution in [1.29, 1.82) is 0 Å². The van der Waals surface area contributed by atoms with Crippen molar-refractivity contribution in [1.82, 2.24) is 24.4 Å². The third-order valence-electron chi connectivity index (χ3n) is 7.29. The van der Waals surface area contributed by atoms with E-state index in [1.54, 1.807) is 6.33 Å². The minimum atomic E-state index is -0.722. The third-order valence-corrected chi connectivity index (χ3v) is 7.29. The van der Waals surface area contributed by atoms with Crippen LogP contribution in [0.25, 0.3) is 11.2 Å². The second-order valence-corrected chi connectivity index (χ2v) is 10.4. The molecule has 11 nitrogen and oxygen atoms in total. The van der Waals surface area contributed by atoms with Crippen molar-refractivity contribution >= 4 is 23.0 Å². The van der Waals surface area contributed by atoms with Crippen LogP contribution in [0.4, 0.5) is 5.82 Å². The molecule has 2 saturated heterocycles. The molecule has 3 N–H and O–H groups in total. The highest BCUT2D eigenvalue weighted by molar-refractivity contribution is 5.81. The number of ether oxygens (including phenoxy) is 3. The van der Waals surface area contributed by atoms with Crippen LogP contribution < -0.4 is 5.73 Å². The molecule has 3 fully saturated rings. The van der Waals surface area contributed by atoms with Gasteiger partial charge in [0, 0.05) is 25.0 Å². The first kappa shape index (κ1) is 23.4. The summed E-state index contributed by atoms with van der Waals surface area (Å²) in [5.74, 6) is -0.645. The van der Waals surface area contributed by atoms with E-state index in [1.807, 2.05) is 18.4 Å². The maximum atomic E-state index is 10.9. The Morgan fingerprint density at radius 1 is 1.26 bits per heavy atom. The molecule has 2 aromatic heterocycles. The number of nitrogen functional groups attached to an aromatic ring is 1. The van der Waals surface area contributed by atoms with Gasteiger partial charge in [-0.2, -0.15) is 0 Å². The van der Waals surface area contributed by atoms with E-state index in [0.29, 0.717) is 41.5 Å². The zero-order valence-corrected chi connectivity index (χ0v) is 20.1. The molecule has 0 bridgehead atoms. The zero-order chi connectivity index (χ0) is 24.2. The summed E-state index contributed by atoms with van der Waals surface area (Å²) in [6, 6.07) is 0.736. The van der Waals surface area contributed by atoms with Gasteiger partial charge < -0.3 is 25.1 Å². The number of hydrogen-bond donors (Lipinski definition) is 2. The van der Waals surface area contributed by atoms with Gasteiger partial charge in [0.15, 0.2) is 23.5 Å². The van der Waals surface area contributed by atoms with Gasteiger partial charge in [-0.1, -0.05) is 0 Å². The number of nitrogens with two attached hydrogens (primary N) is 1. The lowest BCUT2D eigenvalue weighted by molar-refractivity contribution is -0.199. The normalized spacial score (nSPS) is 32.4. The Bertz CT molecular complexity index is 1050. The van der Waals surface area contributed by atoms with Crippen molar-refractivity contribution in [2.24, 2.45) is 5.92 Å². The van der Waals surface area contributed by atoms with E-state index in [0.717, 1.165) is 19.3 Å². The van der Waals surface area contributed by atoms with Crippen LogP contribution in [0.1, 0.15) is 59.6 Å². The average Bonchev–Trinajstić information content (AvgIpc) is 3.37. The third kappa shape index (κ3) is 4.26. The van der Waals surface area contributed by atoms with E-state index >= 15 is 0 Å².